The van der Waals surface area contributed by atoms with Crippen LogP contribution in [0.1, 0.15) is 32.1 Å². The Balaban J connectivity index is 2.12. The van der Waals surface area contributed by atoms with Gasteiger partial charge in [-0.3, -0.25) is 4.79 Å². The number of carbonyl (C=O) groups is 2. The first-order valence-corrected chi connectivity index (χ1v) is 6.37. The van der Waals surface area contributed by atoms with Gasteiger partial charge in [-0.1, -0.05) is 25.5 Å². The third kappa shape index (κ3) is 2.21. The summed E-state index contributed by atoms with van der Waals surface area (Å²) in [6.07, 6.45) is 5.56. The summed E-state index contributed by atoms with van der Waals surface area (Å²) < 4.78 is 5.07. The number of hydrogen-bond donors (Lipinski definition) is 1. The third-order valence-electron chi connectivity index (χ3n) is 4.03. The number of carbonyl (C=O) groups excluding carboxylic acids is 1. The number of likely N-dealkylation sites (tertiary alicyclic amines) is 1. The van der Waals surface area contributed by atoms with Gasteiger partial charge in [0.15, 0.2) is 0 Å². The molecule has 1 aliphatic heterocycles. The molecule has 2 aliphatic rings. The van der Waals surface area contributed by atoms with Crippen molar-refractivity contribution in [2.24, 2.45) is 5.92 Å². The van der Waals surface area contributed by atoms with Crippen LogP contribution in [0.25, 0.3) is 0 Å². The summed E-state index contributed by atoms with van der Waals surface area (Å²) in [6, 6.07) is 0. The molecule has 1 spiro atoms. The van der Waals surface area contributed by atoms with Gasteiger partial charge in [0, 0.05) is 12.1 Å². The van der Waals surface area contributed by atoms with Gasteiger partial charge in [0.05, 0.1) is 5.92 Å². The first kappa shape index (κ1) is 12.9. The van der Waals surface area contributed by atoms with Crippen molar-refractivity contribution in [1.82, 2.24) is 4.90 Å². The molecule has 0 aromatic rings. The van der Waals surface area contributed by atoms with Crippen molar-refractivity contribution in [1.29, 1.82) is 0 Å². The van der Waals surface area contributed by atoms with E-state index in [0.717, 1.165) is 25.7 Å². The maximum atomic E-state index is 12.0. The molecular weight excluding hydrogens is 234 g/mol. The zero-order valence-corrected chi connectivity index (χ0v) is 10.4. The van der Waals surface area contributed by atoms with Crippen LogP contribution >= 0.6 is 0 Å². The van der Waals surface area contributed by atoms with Crippen LogP contribution in [-0.4, -0.2) is 40.8 Å². The minimum Gasteiger partial charge on any atom is -0.481 e. The van der Waals surface area contributed by atoms with E-state index in [2.05, 4.69) is 6.58 Å². The van der Waals surface area contributed by atoms with E-state index in [9.17, 15) is 9.59 Å². The summed E-state index contributed by atoms with van der Waals surface area (Å²) in [5.74, 6) is -1.28. The molecule has 5 heteroatoms. The van der Waals surface area contributed by atoms with Crippen molar-refractivity contribution < 1.29 is 19.4 Å². The summed E-state index contributed by atoms with van der Waals surface area (Å²) in [4.78, 5) is 24.8. The quantitative estimate of drug-likeness (QED) is 0.781. The van der Waals surface area contributed by atoms with Crippen LogP contribution in [-0.2, 0) is 9.53 Å². The fraction of sp³-hybridized carbons (Fsp3) is 0.692. The lowest BCUT2D eigenvalue weighted by atomic mass is 9.91. The van der Waals surface area contributed by atoms with Crippen LogP contribution in [0.5, 0.6) is 0 Å². The van der Waals surface area contributed by atoms with Crippen LogP contribution in [0.3, 0.4) is 0 Å². The van der Waals surface area contributed by atoms with E-state index in [1.807, 2.05) is 0 Å². The van der Waals surface area contributed by atoms with Crippen molar-refractivity contribution in [2.75, 3.05) is 13.2 Å². The second-order valence-electron chi connectivity index (χ2n) is 5.15. The lowest BCUT2D eigenvalue weighted by Crippen LogP contribution is -2.45. The predicted molar refractivity (Wildman–Crippen MR) is 65.2 cm³/mol. The molecule has 0 aromatic heterocycles. The third-order valence-corrected chi connectivity index (χ3v) is 4.03. The predicted octanol–water partition coefficient (Wildman–Crippen LogP) is 2.03. The first-order chi connectivity index (χ1) is 8.59. The van der Waals surface area contributed by atoms with Crippen LogP contribution in [0.2, 0.25) is 0 Å². The van der Waals surface area contributed by atoms with Crippen molar-refractivity contribution >= 4 is 12.1 Å². The molecule has 0 bridgehead atoms. The smallest absolute Gasteiger partial charge is 0.410 e. The average molecular weight is 253 g/mol. The highest BCUT2D eigenvalue weighted by Crippen LogP contribution is 2.45. The van der Waals surface area contributed by atoms with E-state index in [1.165, 1.54) is 6.08 Å². The van der Waals surface area contributed by atoms with Gasteiger partial charge in [-0.05, 0) is 19.3 Å². The number of hydrogen-bond acceptors (Lipinski definition) is 3. The summed E-state index contributed by atoms with van der Waals surface area (Å²) in [5, 5.41) is 9.14. The molecular formula is C13H19NO4. The Kier molecular flexibility index (Phi) is 3.59. The molecule has 1 N–H and O–H groups in total. The molecule has 1 amide bonds. The first-order valence-electron chi connectivity index (χ1n) is 6.37. The molecule has 100 valence electrons. The van der Waals surface area contributed by atoms with Crippen molar-refractivity contribution in [2.45, 2.75) is 37.6 Å². The number of ether oxygens (including phenoxy) is 1. The minimum atomic E-state index is -0.819. The second kappa shape index (κ2) is 5.00. The lowest BCUT2D eigenvalue weighted by Gasteiger charge is -2.33. The Morgan fingerprint density at radius 2 is 2.11 bits per heavy atom. The summed E-state index contributed by atoms with van der Waals surface area (Å²) in [5.41, 5.74) is -0.276. The Morgan fingerprint density at radius 3 is 2.67 bits per heavy atom. The maximum Gasteiger partial charge on any atom is 0.410 e. The fourth-order valence-corrected chi connectivity index (χ4v) is 3.20. The van der Waals surface area contributed by atoms with E-state index in [0.29, 0.717) is 6.42 Å². The fourth-order valence-electron chi connectivity index (χ4n) is 3.20. The van der Waals surface area contributed by atoms with E-state index >= 15 is 0 Å². The minimum absolute atomic E-state index is 0.170. The molecule has 2 fully saturated rings. The number of nitrogens with zero attached hydrogens (tertiary/aromatic N) is 1. The topological polar surface area (TPSA) is 66.8 Å². The Morgan fingerprint density at radius 1 is 1.44 bits per heavy atom. The molecule has 1 saturated carbocycles. The van der Waals surface area contributed by atoms with Gasteiger partial charge in [-0.25, -0.2) is 4.79 Å². The van der Waals surface area contributed by atoms with E-state index in [4.69, 9.17) is 9.84 Å². The standard InChI is InChI=1S/C13H19NO4/c1-2-7-18-12(17)14-9-10(11(15)16)8-13(14)5-3-4-6-13/h2,10H,1,3-9H2,(H,15,16). The molecule has 0 radical (unpaired) electrons. The highest BCUT2D eigenvalue weighted by Gasteiger charge is 2.51. The Labute approximate surface area is 106 Å². The van der Waals surface area contributed by atoms with Gasteiger partial charge < -0.3 is 14.7 Å². The molecule has 0 aromatic carbocycles. The SMILES string of the molecule is C=CCOC(=O)N1CC(C(=O)O)CC12CCCC2. The van der Waals surface area contributed by atoms with Gasteiger partial charge in [0.2, 0.25) is 0 Å². The van der Waals surface area contributed by atoms with Gasteiger partial charge >= 0.3 is 12.1 Å². The van der Waals surface area contributed by atoms with E-state index in [1.54, 1.807) is 4.90 Å². The van der Waals surface area contributed by atoms with Gasteiger partial charge in [-0.2, -0.15) is 0 Å². The molecule has 5 nitrogen and oxygen atoms in total. The molecule has 1 unspecified atom stereocenters. The van der Waals surface area contributed by atoms with Crippen LogP contribution < -0.4 is 0 Å². The van der Waals surface area contributed by atoms with Crippen molar-refractivity contribution in [3.8, 4) is 0 Å². The van der Waals surface area contributed by atoms with Crippen LogP contribution in [0.4, 0.5) is 4.79 Å². The largest absolute Gasteiger partial charge is 0.481 e. The lowest BCUT2D eigenvalue weighted by molar-refractivity contribution is -0.141. The summed E-state index contributed by atoms with van der Waals surface area (Å²) in [7, 11) is 0. The molecule has 1 aliphatic carbocycles. The summed E-state index contributed by atoms with van der Waals surface area (Å²) in [6.45, 7) is 3.94. The number of rotatable bonds is 3. The number of carboxylic acid groups (broad SMARTS) is 1. The highest BCUT2D eigenvalue weighted by atomic mass is 16.6. The van der Waals surface area contributed by atoms with Crippen LogP contribution in [0.15, 0.2) is 12.7 Å². The zero-order valence-electron chi connectivity index (χ0n) is 10.4. The zero-order chi connectivity index (χ0) is 13.2. The van der Waals surface area contributed by atoms with Gasteiger partial charge in [-0.15, -0.1) is 0 Å². The maximum absolute atomic E-state index is 12.0. The van der Waals surface area contributed by atoms with Gasteiger partial charge in [0.1, 0.15) is 6.61 Å². The average Bonchev–Trinajstić information content (AvgIpc) is 2.95. The van der Waals surface area contributed by atoms with E-state index in [-0.39, 0.29) is 18.7 Å². The van der Waals surface area contributed by atoms with Crippen molar-refractivity contribution in [3.05, 3.63) is 12.7 Å². The second-order valence-corrected chi connectivity index (χ2v) is 5.15. The van der Waals surface area contributed by atoms with Crippen LogP contribution in [0, 0.1) is 5.92 Å². The number of carboxylic acids is 1. The van der Waals surface area contributed by atoms with Crippen molar-refractivity contribution in [3.63, 3.8) is 0 Å². The number of amides is 1. The molecule has 2 rings (SSSR count). The molecule has 18 heavy (non-hydrogen) atoms. The molecule has 1 heterocycles. The Hall–Kier alpha value is -1.52. The molecule has 1 atom stereocenters. The normalized spacial score (nSPS) is 25.3. The molecule has 1 saturated heterocycles. The monoisotopic (exact) mass is 253 g/mol. The summed E-state index contributed by atoms with van der Waals surface area (Å²) >= 11 is 0. The van der Waals surface area contributed by atoms with Gasteiger partial charge in [0.25, 0.3) is 0 Å². The Bertz CT molecular complexity index is 360. The van der Waals surface area contributed by atoms with E-state index < -0.39 is 18.0 Å². The number of aliphatic carboxylic acids is 1. The highest BCUT2D eigenvalue weighted by molar-refractivity contribution is 5.75.